The molecule has 3 rings (SSSR count). The Bertz CT molecular complexity index is 813. The Labute approximate surface area is 176 Å². The third kappa shape index (κ3) is 4.97. The van der Waals surface area contributed by atoms with Crippen LogP contribution in [-0.4, -0.2) is 59.5 Å². The zero-order valence-corrected chi connectivity index (χ0v) is 18.3. The van der Waals surface area contributed by atoms with E-state index >= 15 is 0 Å². The van der Waals surface area contributed by atoms with Crippen LogP contribution in [-0.2, 0) is 4.79 Å². The third-order valence-corrected chi connectivity index (χ3v) is 6.06. The lowest BCUT2D eigenvalue weighted by molar-refractivity contribution is -0.129. The summed E-state index contributed by atoms with van der Waals surface area (Å²) in [5.74, 6) is 2.64. The van der Waals surface area contributed by atoms with Crippen molar-refractivity contribution in [1.29, 1.82) is 0 Å². The standard InChI is InChI=1S/C21H27ClN4OS/c1-4-28-14-19(27)26-11-5-6-16(13-26)20-18(12-23-21(24-20)25(2)3)15-7-9-17(22)10-8-15/h7-10,12,16H,4-6,11,13-14H2,1-3H3/t16-/m1/s1. The molecule has 1 saturated heterocycles. The average Bonchev–Trinajstić information content (AvgIpc) is 2.72. The van der Waals surface area contributed by atoms with Crippen LogP contribution in [0.1, 0.15) is 31.4 Å². The maximum Gasteiger partial charge on any atom is 0.232 e. The molecule has 0 spiro atoms. The molecule has 1 amide bonds. The lowest BCUT2D eigenvalue weighted by Gasteiger charge is -2.33. The number of halogens is 1. The minimum absolute atomic E-state index is 0.205. The minimum atomic E-state index is 0.205. The first-order chi connectivity index (χ1) is 13.5. The van der Waals surface area contributed by atoms with Crippen molar-refractivity contribution in [2.75, 3.05) is 43.6 Å². The summed E-state index contributed by atoms with van der Waals surface area (Å²) < 4.78 is 0. The van der Waals surface area contributed by atoms with Crippen molar-refractivity contribution in [3.05, 3.63) is 41.2 Å². The highest BCUT2D eigenvalue weighted by Crippen LogP contribution is 2.34. The van der Waals surface area contributed by atoms with Crippen molar-refractivity contribution in [2.24, 2.45) is 0 Å². The van der Waals surface area contributed by atoms with Crippen molar-refractivity contribution >= 4 is 35.2 Å². The number of anilines is 1. The topological polar surface area (TPSA) is 49.3 Å². The smallest absolute Gasteiger partial charge is 0.232 e. The Balaban J connectivity index is 1.92. The van der Waals surface area contributed by atoms with Crippen LogP contribution in [0.2, 0.25) is 5.02 Å². The molecule has 0 radical (unpaired) electrons. The molecule has 7 heteroatoms. The van der Waals surface area contributed by atoms with Crippen molar-refractivity contribution in [3.63, 3.8) is 0 Å². The molecule has 1 aliphatic heterocycles. The molecule has 150 valence electrons. The van der Waals surface area contributed by atoms with E-state index in [1.165, 1.54) is 0 Å². The Kier molecular flexibility index (Phi) is 7.18. The molecule has 28 heavy (non-hydrogen) atoms. The number of hydrogen-bond acceptors (Lipinski definition) is 5. The van der Waals surface area contributed by atoms with Gasteiger partial charge < -0.3 is 9.80 Å². The number of carbonyl (C=O) groups excluding carboxylic acids is 1. The van der Waals surface area contributed by atoms with E-state index < -0.39 is 0 Å². The Hall–Kier alpha value is -1.79. The van der Waals surface area contributed by atoms with E-state index in [-0.39, 0.29) is 11.8 Å². The largest absolute Gasteiger partial charge is 0.347 e. The molecular formula is C21H27ClN4OS. The summed E-state index contributed by atoms with van der Waals surface area (Å²) in [6.07, 6.45) is 3.92. The first kappa shape index (κ1) is 20.9. The summed E-state index contributed by atoms with van der Waals surface area (Å²) in [6.45, 7) is 3.63. The number of carbonyl (C=O) groups is 1. The summed E-state index contributed by atoms with van der Waals surface area (Å²) in [5, 5.41) is 0.707. The van der Waals surface area contributed by atoms with Crippen LogP contribution in [0.25, 0.3) is 11.1 Å². The second-order valence-corrected chi connectivity index (χ2v) is 8.90. The van der Waals surface area contributed by atoms with Crippen LogP contribution in [0.15, 0.2) is 30.5 Å². The summed E-state index contributed by atoms with van der Waals surface area (Å²) in [6, 6.07) is 7.78. The number of piperidine rings is 1. The van der Waals surface area contributed by atoms with E-state index in [1.807, 2.05) is 54.4 Å². The van der Waals surface area contributed by atoms with Gasteiger partial charge in [-0.15, -0.1) is 0 Å². The van der Waals surface area contributed by atoms with Crippen LogP contribution in [0.5, 0.6) is 0 Å². The van der Waals surface area contributed by atoms with Gasteiger partial charge in [0.15, 0.2) is 0 Å². The monoisotopic (exact) mass is 418 g/mol. The van der Waals surface area contributed by atoms with Gasteiger partial charge in [0, 0.05) is 49.9 Å². The van der Waals surface area contributed by atoms with Crippen LogP contribution in [0.4, 0.5) is 5.95 Å². The molecule has 1 aromatic carbocycles. The summed E-state index contributed by atoms with van der Waals surface area (Å²) in [4.78, 5) is 25.9. The average molecular weight is 419 g/mol. The van der Waals surface area contributed by atoms with Crippen LogP contribution >= 0.6 is 23.4 Å². The predicted molar refractivity (Wildman–Crippen MR) is 118 cm³/mol. The molecule has 0 unspecified atom stereocenters. The lowest BCUT2D eigenvalue weighted by atomic mass is 9.90. The highest BCUT2D eigenvalue weighted by molar-refractivity contribution is 7.99. The van der Waals surface area contributed by atoms with Gasteiger partial charge in [-0.3, -0.25) is 4.79 Å². The molecule has 1 aliphatic rings. The summed E-state index contributed by atoms with van der Waals surface area (Å²) >= 11 is 7.74. The summed E-state index contributed by atoms with van der Waals surface area (Å²) in [5.41, 5.74) is 3.08. The first-order valence-corrected chi connectivity index (χ1v) is 11.2. The lowest BCUT2D eigenvalue weighted by Crippen LogP contribution is -2.40. The number of benzene rings is 1. The number of likely N-dealkylation sites (tertiary alicyclic amines) is 1. The van der Waals surface area contributed by atoms with E-state index in [0.29, 0.717) is 23.3 Å². The maximum atomic E-state index is 12.6. The van der Waals surface area contributed by atoms with E-state index in [0.717, 1.165) is 42.0 Å². The van der Waals surface area contributed by atoms with Gasteiger partial charge in [-0.2, -0.15) is 11.8 Å². The molecule has 0 N–H and O–H groups in total. The zero-order valence-electron chi connectivity index (χ0n) is 16.7. The fourth-order valence-electron chi connectivity index (χ4n) is 3.47. The second-order valence-electron chi connectivity index (χ2n) is 7.19. The first-order valence-electron chi connectivity index (χ1n) is 9.65. The van der Waals surface area contributed by atoms with Crippen LogP contribution < -0.4 is 4.90 Å². The number of amides is 1. The number of aromatic nitrogens is 2. The van der Waals surface area contributed by atoms with Gasteiger partial charge in [0.25, 0.3) is 0 Å². The van der Waals surface area contributed by atoms with E-state index in [4.69, 9.17) is 16.6 Å². The fourth-order valence-corrected chi connectivity index (χ4v) is 4.16. The third-order valence-electron chi connectivity index (χ3n) is 4.95. The Morgan fingerprint density at radius 3 is 2.75 bits per heavy atom. The van der Waals surface area contributed by atoms with Crippen LogP contribution in [0.3, 0.4) is 0 Å². The Morgan fingerprint density at radius 2 is 2.07 bits per heavy atom. The van der Waals surface area contributed by atoms with Gasteiger partial charge in [0.2, 0.25) is 11.9 Å². The van der Waals surface area contributed by atoms with Gasteiger partial charge >= 0.3 is 0 Å². The van der Waals surface area contributed by atoms with E-state index in [2.05, 4.69) is 11.9 Å². The van der Waals surface area contributed by atoms with E-state index in [1.54, 1.807) is 11.8 Å². The summed E-state index contributed by atoms with van der Waals surface area (Å²) in [7, 11) is 3.89. The number of hydrogen-bond donors (Lipinski definition) is 0. The minimum Gasteiger partial charge on any atom is -0.347 e. The Morgan fingerprint density at radius 1 is 1.32 bits per heavy atom. The molecule has 1 fully saturated rings. The quantitative estimate of drug-likeness (QED) is 0.699. The molecule has 1 aromatic heterocycles. The van der Waals surface area contributed by atoms with Crippen molar-refractivity contribution in [3.8, 4) is 11.1 Å². The number of nitrogens with zero attached hydrogens (tertiary/aromatic N) is 4. The number of rotatable bonds is 6. The molecule has 0 bridgehead atoms. The van der Waals surface area contributed by atoms with Gasteiger partial charge in [0.05, 0.1) is 11.4 Å². The highest BCUT2D eigenvalue weighted by atomic mass is 35.5. The van der Waals surface area contributed by atoms with Gasteiger partial charge in [-0.05, 0) is 36.3 Å². The molecule has 5 nitrogen and oxygen atoms in total. The van der Waals surface area contributed by atoms with Gasteiger partial charge in [0.1, 0.15) is 0 Å². The fraction of sp³-hybridized carbons (Fsp3) is 0.476. The molecule has 2 heterocycles. The molecular weight excluding hydrogens is 392 g/mol. The molecule has 1 atom stereocenters. The van der Waals surface area contributed by atoms with Crippen LogP contribution in [0, 0.1) is 0 Å². The predicted octanol–water partition coefficient (Wildman–Crippen LogP) is 4.32. The van der Waals surface area contributed by atoms with Crippen molar-refractivity contribution in [1.82, 2.24) is 14.9 Å². The van der Waals surface area contributed by atoms with E-state index in [9.17, 15) is 4.79 Å². The number of thioether (sulfide) groups is 1. The highest BCUT2D eigenvalue weighted by Gasteiger charge is 2.28. The SMILES string of the molecule is CCSCC(=O)N1CCC[C@@H](c2nc(N(C)C)ncc2-c2ccc(Cl)cc2)C1. The maximum absolute atomic E-state index is 12.6. The normalized spacial score (nSPS) is 16.9. The second kappa shape index (κ2) is 9.61. The molecule has 0 saturated carbocycles. The van der Waals surface area contributed by atoms with Gasteiger partial charge in [-0.25, -0.2) is 9.97 Å². The molecule has 0 aliphatic carbocycles. The molecule has 2 aromatic rings. The zero-order chi connectivity index (χ0) is 20.1. The van der Waals surface area contributed by atoms with Crippen molar-refractivity contribution in [2.45, 2.75) is 25.7 Å². The van der Waals surface area contributed by atoms with Gasteiger partial charge in [-0.1, -0.05) is 30.7 Å². The van der Waals surface area contributed by atoms with Crippen molar-refractivity contribution < 1.29 is 4.79 Å².